The second-order valence-electron chi connectivity index (χ2n) is 8.55. The van der Waals surface area contributed by atoms with Gasteiger partial charge < -0.3 is 26.5 Å². The number of rotatable bonds is 7. The Morgan fingerprint density at radius 3 is 2.42 bits per heavy atom. The number of hydrogen-bond acceptors (Lipinski definition) is 8. The Morgan fingerprint density at radius 2 is 1.81 bits per heavy atom. The SMILES string of the molecule is C=C(/N=C(\C=C(N)N)Oc1ccc(-c2nnc(Nc3cccc(C(F)(F)F)c3)[nH]2)cc1)SC(C)(C)C. The number of aliphatic imine (C=N–C) groups is 1. The van der Waals surface area contributed by atoms with Crippen LogP contribution >= 0.6 is 11.8 Å². The van der Waals surface area contributed by atoms with Crippen LogP contribution in [0.3, 0.4) is 0 Å². The minimum absolute atomic E-state index is 0.0291. The van der Waals surface area contributed by atoms with E-state index in [0.717, 1.165) is 12.1 Å². The van der Waals surface area contributed by atoms with E-state index >= 15 is 0 Å². The van der Waals surface area contributed by atoms with Gasteiger partial charge in [-0.2, -0.15) is 13.2 Å². The number of halogens is 3. The van der Waals surface area contributed by atoms with Gasteiger partial charge in [0.1, 0.15) is 5.75 Å². The summed E-state index contributed by atoms with van der Waals surface area (Å²) in [6.45, 7) is 10.0. The molecule has 0 aliphatic carbocycles. The predicted octanol–water partition coefficient (Wildman–Crippen LogP) is 5.77. The number of nitrogens with two attached hydrogens (primary N) is 2. The fourth-order valence-electron chi connectivity index (χ4n) is 2.89. The topological polar surface area (TPSA) is 127 Å². The van der Waals surface area contributed by atoms with Crippen LogP contribution in [0.1, 0.15) is 26.3 Å². The second kappa shape index (κ2) is 10.8. The maximum absolute atomic E-state index is 12.9. The second-order valence-corrected chi connectivity index (χ2v) is 10.5. The number of nitrogens with zero attached hydrogens (tertiary/aromatic N) is 3. The zero-order valence-corrected chi connectivity index (χ0v) is 20.7. The van der Waals surface area contributed by atoms with Crippen molar-refractivity contribution in [3.05, 3.63) is 77.6 Å². The zero-order chi connectivity index (χ0) is 26.5. The summed E-state index contributed by atoms with van der Waals surface area (Å²) in [6, 6.07) is 11.6. The molecule has 12 heteroatoms. The minimum atomic E-state index is -4.44. The molecule has 0 saturated heterocycles. The van der Waals surface area contributed by atoms with Gasteiger partial charge in [-0.3, -0.25) is 0 Å². The molecule has 3 rings (SSSR count). The first-order chi connectivity index (χ1) is 16.8. The van der Waals surface area contributed by atoms with Crippen LogP contribution in [0.15, 0.2) is 77.0 Å². The first kappa shape index (κ1) is 26.7. The third kappa shape index (κ3) is 8.08. The molecular formula is C24H26F3N7OS. The first-order valence-electron chi connectivity index (χ1n) is 10.6. The summed E-state index contributed by atoms with van der Waals surface area (Å²) in [7, 11) is 0. The van der Waals surface area contributed by atoms with Crippen molar-refractivity contribution in [3.63, 3.8) is 0 Å². The molecule has 190 valence electrons. The Hall–Kier alpha value is -3.93. The van der Waals surface area contributed by atoms with Crippen molar-refractivity contribution in [1.29, 1.82) is 0 Å². The van der Waals surface area contributed by atoms with Crippen molar-refractivity contribution in [2.45, 2.75) is 31.7 Å². The van der Waals surface area contributed by atoms with Gasteiger partial charge in [-0.25, -0.2) is 4.99 Å². The molecule has 0 atom stereocenters. The van der Waals surface area contributed by atoms with Gasteiger partial charge in [0, 0.05) is 22.1 Å². The van der Waals surface area contributed by atoms with Crippen molar-refractivity contribution < 1.29 is 17.9 Å². The fraction of sp³-hybridized carbons (Fsp3) is 0.208. The molecule has 0 unspecified atom stereocenters. The number of anilines is 2. The number of aromatic nitrogens is 3. The molecule has 0 aliphatic heterocycles. The van der Waals surface area contributed by atoms with Gasteiger partial charge in [0.25, 0.3) is 0 Å². The lowest BCUT2D eigenvalue weighted by Gasteiger charge is -2.17. The van der Waals surface area contributed by atoms with Gasteiger partial charge in [-0.05, 0) is 42.5 Å². The highest BCUT2D eigenvalue weighted by Crippen LogP contribution is 2.32. The number of alkyl halides is 3. The Morgan fingerprint density at radius 1 is 1.11 bits per heavy atom. The number of ether oxygens (including phenoxy) is 1. The summed E-state index contributed by atoms with van der Waals surface area (Å²) in [6.07, 6.45) is -3.05. The number of H-pyrrole nitrogens is 1. The lowest BCUT2D eigenvalue weighted by atomic mass is 10.2. The molecule has 1 aromatic heterocycles. The number of aromatic amines is 1. The van der Waals surface area contributed by atoms with Crippen LogP contribution in [0, 0.1) is 0 Å². The van der Waals surface area contributed by atoms with Crippen molar-refractivity contribution in [1.82, 2.24) is 15.2 Å². The summed E-state index contributed by atoms with van der Waals surface area (Å²) in [4.78, 5) is 7.30. The Bertz CT molecular complexity index is 1270. The summed E-state index contributed by atoms with van der Waals surface area (Å²) in [5.74, 6) is 1.27. The van der Waals surface area contributed by atoms with Crippen LogP contribution in [0.25, 0.3) is 11.4 Å². The molecule has 0 saturated carbocycles. The Balaban J connectivity index is 1.72. The Labute approximate surface area is 210 Å². The van der Waals surface area contributed by atoms with Crippen LogP contribution in [0.5, 0.6) is 5.75 Å². The number of hydrogen-bond donors (Lipinski definition) is 4. The van der Waals surface area contributed by atoms with Crippen LogP contribution < -0.4 is 21.5 Å². The predicted molar refractivity (Wildman–Crippen MR) is 138 cm³/mol. The number of thioether (sulfide) groups is 1. The normalized spacial score (nSPS) is 12.2. The largest absolute Gasteiger partial charge is 0.439 e. The van der Waals surface area contributed by atoms with Crippen molar-refractivity contribution in [2.75, 3.05) is 5.32 Å². The number of benzene rings is 2. The molecule has 1 heterocycles. The van der Waals surface area contributed by atoms with E-state index in [9.17, 15) is 13.2 Å². The molecule has 6 N–H and O–H groups in total. The molecule has 0 amide bonds. The van der Waals surface area contributed by atoms with E-state index in [1.165, 1.54) is 30.0 Å². The third-order valence-electron chi connectivity index (χ3n) is 4.24. The molecule has 2 aromatic carbocycles. The summed E-state index contributed by atoms with van der Waals surface area (Å²) in [5.41, 5.74) is 11.3. The van der Waals surface area contributed by atoms with Crippen LogP contribution in [0.4, 0.5) is 24.8 Å². The standard InChI is InChI=1S/C24H26F3N7OS/c1-14(36-23(2,3)4)30-20(13-19(28)29)35-18-10-8-15(9-11-18)21-32-22(34-33-21)31-17-7-5-6-16(12-17)24(25,26)27/h5-13H,1,28-29H2,2-4H3,(H2,31,32,33,34)/b30-20+. The van der Waals surface area contributed by atoms with E-state index in [-0.39, 0.29) is 28.1 Å². The van der Waals surface area contributed by atoms with E-state index in [2.05, 4.69) is 32.1 Å². The van der Waals surface area contributed by atoms with E-state index in [0.29, 0.717) is 22.2 Å². The molecule has 3 aromatic rings. The summed E-state index contributed by atoms with van der Waals surface area (Å²) in [5, 5.41) is 11.3. The van der Waals surface area contributed by atoms with Gasteiger partial charge in [0.05, 0.1) is 16.4 Å². The van der Waals surface area contributed by atoms with Gasteiger partial charge in [0.15, 0.2) is 5.82 Å². The fourth-order valence-corrected chi connectivity index (χ4v) is 3.73. The molecule has 36 heavy (non-hydrogen) atoms. The molecule has 0 bridgehead atoms. The van der Waals surface area contributed by atoms with E-state index in [4.69, 9.17) is 16.2 Å². The van der Waals surface area contributed by atoms with Crippen LogP contribution in [-0.2, 0) is 6.18 Å². The average Bonchev–Trinajstić information content (AvgIpc) is 3.20. The molecular weight excluding hydrogens is 491 g/mol. The minimum Gasteiger partial charge on any atom is -0.439 e. The van der Waals surface area contributed by atoms with Gasteiger partial charge in [-0.15, -0.1) is 22.0 Å². The monoisotopic (exact) mass is 517 g/mol. The van der Waals surface area contributed by atoms with Crippen LogP contribution in [-0.4, -0.2) is 25.8 Å². The van der Waals surface area contributed by atoms with Gasteiger partial charge in [0.2, 0.25) is 11.8 Å². The van der Waals surface area contributed by atoms with Crippen molar-refractivity contribution in [2.24, 2.45) is 16.5 Å². The van der Waals surface area contributed by atoms with E-state index < -0.39 is 11.7 Å². The lowest BCUT2D eigenvalue weighted by Crippen LogP contribution is -2.15. The highest BCUT2D eigenvalue weighted by Gasteiger charge is 2.30. The maximum atomic E-state index is 12.9. The van der Waals surface area contributed by atoms with E-state index in [1.54, 1.807) is 24.3 Å². The van der Waals surface area contributed by atoms with E-state index in [1.807, 2.05) is 20.8 Å². The average molecular weight is 518 g/mol. The number of nitrogens with one attached hydrogen (secondary N) is 2. The highest BCUT2D eigenvalue weighted by atomic mass is 32.2. The Kier molecular flexibility index (Phi) is 7.98. The van der Waals surface area contributed by atoms with Gasteiger partial charge >= 0.3 is 6.18 Å². The molecule has 0 fully saturated rings. The molecule has 8 nitrogen and oxygen atoms in total. The zero-order valence-electron chi connectivity index (χ0n) is 19.8. The summed E-state index contributed by atoms with van der Waals surface area (Å²) >= 11 is 1.47. The third-order valence-corrected chi connectivity index (χ3v) is 5.18. The molecule has 0 aliphatic rings. The molecule has 0 spiro atoms. The first-order valence-corrected chi connectivity index (χ1v) is 11.4. The molecule has 0 radical (unpaired) electrons. The van der Waals surface area contributed by atoms with Crippen molar-refractivity contribution in [3.8, 4) is 17.1 Å². The summed E-state index contributed by atoms with van der Waals surface area (Å²) < 4.78 is 44.5. The quantitative estimate of drug-likeness (QED) is 0.231. The smallest absolute Gasteiger partial charge is 0.416 e. The lowest BCUT2D eigenvalue weighted by molar-refractivity contribution is -0.137. The highest BCUT2D eigenvalue weighted by molar-refractivity contribution is 8.04. The van der Waals surface area contributed by atoms with Gasteiger partial charge in [-0.1, -0.05) is 33.4 Å². The van der Waals surface area contributed by atoms with Crippen molar-refractivity contribution >= 4 is 29.3 Å². The van der Waals surface area contributed by atoms with Crippen LogP contribution in [0.2, 0.25) is 0 Å². The maximum Gasteiger partial charge on any atom is 0.416 e.